The number of amides is 1. The number of carbonyl (C=O) groups is 1. The molecule has 1 heterocycles. The van der Waals surface area contributed by atoms with Crippen molar-refractivity contribution in [3.05, 3.63) is 29.8 Å². The Bertz CT molecular complexity index is 615. The zero-order chi connectivity index (χ0) is 15.2. The third-order valence-electron chi connectivity index (χ3n) is 2.59. The number of rotatable bonds is 6. The van der Waals surface area contributed by atoms with E-state index in [0.29, 0.717) is 0 Å². The SMILES string of the molecule is CCSc1nnc(S[C@H](C)C(=O)Nc2cccc(C)c2)s1. The summed E-state index contributed by atoms with van der Waals surface area (Å²) in [6.07, 6.45) is 0. The molecule has 1 aromatic heterocycles. The average Bonchev–Trinajstić information content (AvgIpc) is 2.86. The highest BCUT2D eigenvalue weighted by atomic mass is 32.2. The van der Waals surface area contributed by atoms with Crippen molar-refractivity contribution in [2.24, 2.45) is 0 Å². The van der Waals surface area contributed by atoms with E-state index in [9.17, 15) is 4.79 Å². The molecule has 7 heteroatoms. The van der Waals surface area contributed by atoms with E-state index in [1.165, 1.54) is 23.1 Å². The molecule has 0 bridgehead atoms. The second kappa shape index (κ2) is 7.82. The van der Waals surface area contributed by atoms with Crippen LogP contribution in [0.15, 0.2) is 32.9 Å². The number of aromatic nitrogens is 2. The maximum atomic E-state index is 12.2. The third kappa shape index (κ3) is 5.01. The number of nitrogens with one attached hydrogen (secondary N) is 1. The maximum Gasteiger partial charge on any atom is 0.237 e. The van der Waals surface area contributed by atoms with Gasteiger partial charge in [-0.25, -0.2) is 0 Å². The number of nitrogens with zero attached hydrogens (tertiary/aromatic N) is 2. The molecule has 0 aliphatic carbocycles. The quantitative estimate of drug-likeness (QED) is 0.804. The summed E-state index contributed by atoms with van der Waals surface area (Å²) in [7, 11) is 0. The van der Waals surface area contributed by atoms with E-state index in [1.54, 1.807) is 11.8 Å². The van der Waals surface area contributed by atoms with Crippen LogP contribution < -0.4 is 5.32 Å². The van der Waals surface area contributed by atoms with Gasteiger partial charge in [-0.3, -0.25) is 4.79 Å². The molecule has 1 amide bonds. The standard InChI is InChI=1S/C14H17N3OS3/c1-4-19-13-16-17-14(21-13)20-10(3)12(18)15-11-7-5-6-9(2)8-11/h5-8,10H,4H2,1-3H3,(H,15,18)/t10-/m1/s1. The van der Waals surface area contributed by atoms with Gasteiger partial charge in [-0.15, -0.1) is 10.2 Å². The Labute approximate surface area is 137 Å². The Morgan fingerprint density at radius 2 is 2.14 bits per heavy atom. The number of thioether (sulfide) groups is 2. The van der Waals surface area contributed by atoms with Crippen molar-refractivity contribution in [3.8, 4) is 0 Å². The molecule has 21 heavy (non-hydrogen) atoms. The first kappa shape index (κ1) is 16.3. The number of hydrogen-bond acceptors (Lipinski definition) is 6. The number of aryl methyl sites for hydroxylation is 1. The summed E-state index contributed by atoms with van der Waals surface area (Å²) in [4.78, 5) is 12.2. The van der Waals surface area contributed by atoms with Crippen molar-refractivity contribution in [1.82, 2.24) is 10.2 Å². The molecule has 0 unspecified atom stereocenters. The van der Waals surface area contributed by atoms with Gasteiger partial charge >= 0.3 is 0 Å². The lowest BCUT2D eigenvalue weighted by atomic mass is 10.2. The monoisotopic (exact) mass is 339 g/mol. The molecule has 0 aliphatic heterocycles. The van der Waals surface area contributed by atoms with E-state index in [2.05, 4.69) is 22.4 Å². The number of hydrogen-bond donors (Lipinski definition) is 1. The summed E-state index contributed by atoms with van der Waals surface area (Å²) >= 11 is 4.64. The zero-order valence-corrected chi connectivity index (χ0v) is 14.6. The van der Waals surface area contributed by atoms with E-state index in [-0.39, 0.29) is 11.2 Å². The summed E-state index contributed by atoms with van der Waals surface area (Å²) < 4.78 is 1.78. The molecule has 0 radical (unpaired) electrons. The van der Waals surface area contributed by atoms with Gasteiger partial charge in [-0.2, -0.15) is 0 Å². The molecular weight excluding hydrogens is 322 g/mol. The Morgan fingerprint density at radius 3 is 2.86 bits per heavy atom. The van der Waals surface area contributed by atoms with E-state index in [0.717, 1.165) is 25.7 Å². The van der Waals surface area contributed by atoms with Crippen LogP contribution in [0.3, 0.4) is 0 Å². The highest BCUT2D eigenvalue weighted by Gasteiger charge is 2.17. The zero-order valence-electron chi connectivity index (χ0n) is 12.1. The van der Waals surface area contributed by atoms with Crippen LogP contribution in [-0.4, -0.2) is 27.1 Å². The first-order chi connectivity index (χ1) is 10.1. The molecule has 2 rings (SSSR count). The van der Waals surface area contributed by atoms with Crippen molar-refractivity contribution in [3.63, 3.8) is 0 Å². The van der Waals surface area contributed by atoms with Gasteiger partial charge in [-0.05, 0) is 37.3 Å². The highest BCUT2D eigenvalue weighted by Crippen LogP contribution is 2.31. The molecule has 112 valence electrons. The van der Waals surface area contributed by atoms with Crippen LogP contribution in [0.5, 0.6) is 0 Å². The molecule has 4 nitrogen and oxygen atoms in total. The fourth-order valence-corrected chi connectivity index (χ4v) is 4.66. The van der Waals surface area contributed by atoms with Gasteiger partial charge in [0.2, 0.25) is 5.91 Å². The normalized spacial score (nSPS) is 12.1. The van der Waals surface area contributed by atoms with E-state index in [1.807, 2.05) is 38.1 Å². The second-order valence-corrected chi connectivity index (χ2v) is 8.46. The molecule has 0 spiro atoms. The highest BCUT2D eigenvalue weighted by molar-refractivity contribution is 8.03. The largest absolute Gasteiger partial charge is 0.325 e. The van der Waals surface area contributed by atoms with Crippen molar-refractivity contribution in [2.45, 2.75) is 34.7 Å². The van der Waals surface area contributed by atoms with Crippen LogP contribution >= 0.6 is 34.9 Å². The Morgan fingerprint density at radius 1 is 1.38 bits per heavy atom. The van der Waals surface area contributed by atoms with Crippen LogP contribution in [0.4, 0.5) is 5.69 Å². The number of benzene rings is 1. The lowest BCUT2D eigenvalue weighted by Crippen LogP contribution is -2.22. The Hall–Kier alpha value is -1.05. The molecule has 1 N–H and O–H groups in total. The molecule has 0 saturated heterocycles. The smallest absolute Gasteiger partial charge is 0.237 e. The van der Waals surface area contributed by atoms with Crippen LogP contribution in [0.25, 0.3) is 0 Å². The van der Waals surface area contributed by atoms with Crippen molar-refractivity contribution in [2.75, 3.05) is 11.1 Å². The minimum atomic E-state index is -0.210. The van der Waals surface area contributed by atoms with Crippen molar-refractivity contribution in [1.29, 1.82) is 0 Å². The van der Waals surface area contributed by atoms with Crippen molar-refractivity contribution < 1.29 is 4.79 Å². The van der Waals surface area contributed by atoms with Crippen molar-refractivity contribution >= 4 is 46.5 Å². The van der Waals surface area contributed by atoms with Gasteiger partial charge in [0.05, 0.1) is 5.25 Å². The van der Waals surface area contributed by atoms with Gasteiger partial charge in [0.15, 0.2) is 8.68 Å². The van der Waals surface area contributed by atoms with Crippen LogP contribution in [0.1, 0.15) is 19.4 Å². The molecule has 1 atom stereocenters. The average molecular weight is 340 g/mol. The van der Waals surface area contributed by atoms with E-state index in [4.69, 9.17) is 0 Å². The fourth-order valence-electron chi connectivity index (χ4n) is 1.60. The topological polar surface area (TPSA) is 54.9 Å². The summed E-state index contributed by atoms with van der Waals surface area (Å²) in [5.41, 5.74) is 1.95. The molecule has 2 aromatic rings. The molecule has 1 aromatic carbocycles. The van der Waals surface area contributed by atoms with Gasteiger partial charge < -0.3 is 5.32 Å². The van der Waals surface area contributed by atoms with E-state index >= 15 is 0 Å². The van der Waals surface area contributed by atoms with Crippen LogP contribution in [0.2, 0.25) is 0 Å². The van der Waals surface area contributed by atoms with Crippen LogP contribution in [0, 0.1) is 6.92 Å². The summed E-state index contributed by atoms with van der Waals surface area (Å²) in [6.45, 7) is 5.96. The lowest BCUT2D eigenvalue weighted by Gasteiger charge is -2.10. The predicted octanol–water partition coefficient (Wildman–Crippen LogP) is 4.08. The van der Waals surface area contributed by atoms with E-state index < -0.39 is 0 Å². The number of anilines is 1. The lowest BCUT2D eigenvalue weighted by molar-refractivity contribution is -0.115. The minimum Gasteiger partial charge on any atom is -0.325 e. The maximum absolute atomic E-state index is 12.2. The Balaban J connectivity index is 1.92. The van der Waals surface area contributed by atoms with Gasteiger partial charge in [0.25, 0.3) is 0 Å². The summed E-state index contributed by atoms with van der Waals surface area (Å²) in [5.74, 6) is 0.952. The first-order valence-corrected chi connectivity index (χ1v) is 9.27. The summed E-state index contributed by atoms with van der Waals surface area (Å²) in [5, 5.41) is 10.9. The molecular formula is C14H17N3OS3. The van der Waals surface area contributed by atoms with Gasteiger partial charge in [0, 0.05) is 5.69 Å². The predicted molar refractivity (Wildman–Crippen MR) is 91.4 cm³/mol. The Kier molecular flexibility index (Phi) is 6.08. The second-order valence-electron chi connectivity index (χ2n) is 4.39. The number of carbonyl (C=O) groups excluding carboxylic acids is 1. The summed E-state index contributed by atoms with van der Waals surface area (Å²) in [6, 6.07) is 7.78. The van der Waals surface area contributed by atoms with Gasteiger partial charge in [-0.1, -0.05) is 53.9 Å². The molecule has 0 saturated carbocycles. The third-order valence-corrected chi connectivity index (χ3v) is 5.71. The van der Waals surface area contributed by atoms with Gasteiger partial charge in [0.1, 0.15) is 0 Å². The minimum absolute atomic E-state index is 0.0227. The molecule has 0 fully saturated rings. The first-order valence-electron chi connectivity index (χ1n) is 6.59. The molecule has 0 aliphatic rings. The van der Waals surface area contributed by atoms with Crippen LogP contribution in [-0.2, 0) is 4.79 Å². The fraction of sp³-hybridized carbons (Fsp3) is 0.357.